The molecule has 28 heavy (non-hydrogen) atoms. The third-order valence-electron chi connectivity index (χ3n) is 5.79. The lowest BCUT2D eigenvalue weighted by Gasteiger charge is -2.39. The molecule has 0 aromatic heterocycles. The molecule has 0 heterocycles. The smallest absolute Gasteiger partial charge is 0.199 e. The highest BCUT2D eigenvalue weighted by molar-refractivity contribution is 7.94. The largest absolute Gasteiger partial charge is 0.413 e. The SMILES string of the molecule is C=CC(C)[C@H](O[Si](CC)(CC)CC)C(C)[C@@H](O)/C=C/S(=O)(=O)c1ccccc1. The summed E-state index contributed by atoms with van der Waals surface area (Å²) in [6.07, 6.45) is 2.08. The fourth-order valence-electron chi connectivity index (χ4n) is 3.36. The Morgan fingerprint density at radius 3 is 2.11 bits per heavy atom. The molecule has 1 N–H and O–H groups in total. The van der Waals surface area contributed by atoms with Crippen molar-refractivity contribution in [2.45, 2.75) is 69.9 Å². The van der Waals surface area contributed by atoms with E-state index in [1.54, 1.807) is 30.3 Å². The summed E-state index contributed by atoms with van der Waals surface area (Å²) in [5.74, 6) is -0.202. The number of rotatable bonds is 12. The molecule has 0 spiro atoms. The summed E-state index contributed by atoms with van der Waals surface area (Å²) in [6.45, 7) is 14.3. The maximum Gasteiger partial charge on any atom is 0.199 e. The Labute approximate surface area is 172 Å². The van der Waals surface area contributed by atoms with Crippen molar-refractivity contribution in [3.8, 4) is 0 Å². The molecule has 0 bridgehead atoms. The lowest BCUT2D eigenvalue weighted by atomic mass is 9.89. The molecule has 4 nitrogen and oxygen atoms in total. The van der Waals surface area contributed by atoms with Crippen molar-refractivity contribution >= 4 is 18.2 Å². The van der Waals surface area contributed by atoms with Crippen LogP contribution in [-0.2, 0) is 14.3 Å². The first kappa shape index (κ1) is 24.8. The highest BCUT2D eigenvalue weighted by Crippen LogP contribution is 2.31. The molecule has 1 rings (SSSR count). The highest BCUT2D eigenvalue weighted by Gasteiger charge is 2.37. The Morgan fingerprint density at radius 1 is 1.11 bits per heavy atom. The predicted molar refractivity (Wildman–Crippen MR) is 119 cm³/mol. The second-order valence-electron chi connectivity index (χ2n) is 7.46. The van der Waals surface area contributed by atoms with Crippen LogP contribution >= 0.6 is 0 Å². The van der Waals surface area contributed by atoms with Crippen molar-refractivity contribution in [1.29, 1.82) is 0 Å². The third-order valence-corrected chi connectivity index (χ3v) is 11.9. The van der Waals surface area contributed by atoms with E-state index in [0.717, 1.165) is 23.5 Å². The molecule has 1 aromatic rings. The van der Waals surface area contributed by atoms with Crippen LogP contribution in [0.15, 0.2) is 59.4 Å². The standard InChI is InChI=1S/C22H36O4SSi/c1-7-18(5)22(26-28(8-2,9-3)10-4)19(6)21(23)16-17-27(24,25)20-14-12-11-13-15-20/h7,11-19,21-23H,1,8-10H2,2-6H3/b17-16+/t18?,19?,21-,22-/m0/s1. The first-order valence-electron chi connectivity index (χ1n) is 10.1. The Morgan fingerprint density at radius 2 is 1.64 bits per heavy atom. The molecule has 0 radical (unpaired) electrons. The molecular formula is C22H36O4SSi. The van der Waals surface area contributed by atoms with Crippen LogP contribution in [0.2, 0.25) is 18.1 Å². The van der Waals surface area contributed by atoms with E-state index < -0.39 is 24.3 Å². The van der Waals surface area contributed by atoms with Crippen LogP contribution in [0.4, 0.5) is 0 Å². The molecule has 1 aromatic carbocycles. The first-order valence-corrected chi connectivity index (χ1v) is 14.2. The van der Waals surface area contributed by atoms with Crippen LogP contribution in [-0.4, -0.2) is 34.0 Å². The van der Waals surface area contributed by atoms with E-state index in [1.807, 2.05) is 19.9 Å². The van der Waals surface area contributed by atoms with Crippen molar-refractivity contribution < 1.29 is 18.0 Å². The van der Waals surface area contributed by atoms with Crippen LogP contribution in [0, 0.1) is 11.8 Å². The number of hydrogen-bond acceptors (Lipinski definition) is 4. The quantitative estimate of drug-likeness (QED) is 0.371. The van der Waals surface area contributed by atoms with Gasteiger partial charge in [-0.05, 0) is 42.3 Å². The van der Waals surface area contributed by atoms with Crippen molar-refractivity contribution in [3.63, 3.8) is 0 Å². The van der Waals surface area contributed by atoms with Gasteiger partial charge in [-0.15, -0.1) is 6.58 Å². The summed E-state index contributed by atoms with van der Waals surface area (Å²) in [5.41, 5.74) is 0. The summed E-state index contributed by atoms with van der Waals surface area (Å²) >= 11 is 0. The van der Waals surface area contributed by atoms with Gasteiger partial charge in [-0.3, -0.25) is 0 Å². The Kier molecular flexibility index (Phi) is 9.84. The number of hydrogen-bond donors (Lipinski definition) is 1. The Hall–Kier alpha value is -1.21. The van der Waals surface area contributed by atoms with Gasteiger partial charge in [0.25, 0.3) is 0 Å². The van der Waals surface area contributed by atoms with Gasteiger partial charge in [-0.25, -0.2) is 8.42 Å². The Bertz CT molecular complexity index is 718. The minimum absolute atomic E-state index is 0.0558. The van der Waals surface area contributed by atoms with Crippen LogP contribution in [0.1, 0.15) is 34.6 Å². The van der Waals surface area contributed by atoms with E-state index in [2.05, 4.69) is 27.4 Å². The molecule has 0 fully saturated rings. The van der Waals surface area contributed by atoms with Gasteiger partial charge in [-0.1, -0.05) is 58.9 Å². The normalized spacial score (nSPS) is 17.2. The van der Waals surface area contributed by atoms with Gasteiger partial charge in [0.15, 0.2) is 18.2 Å². The van der Waals surface area contributed by atoms with Crippen molar-refractivity contribution in [3.05, 3.63) is 54.5 Å². The van der Waals surface area contributed by atoms with Gasteiger partial charge in [0.05, 0.1) is 17.1 Å². The second-order valence-corrected chi connectivity index (χ2v) is 14.0. The molecular weight excluding hydrogens is 388 g/mol. The van der Waals surface area contributed by atoms with Crippen molar-refractivity contribution in [1.82, 2.24) is 0 Å². The molecule has 0 aliphatic heterocycles. The third kappa shape index (κ3) is 6.41. The van der Waals surface area contributed by atoms with Crippen LogP contribution in [0.3, 0.4) is 0 Å². The minimum Gasteiger partial charge on any atom is -0.413 e. The molecule has 4 atom stereocenters. The average molecular weight is 425 g/mol. The summed E-state index contributed by atoms with van der Waals surface area (Å²) in [7, 11) is -5.46. The van der Waals surface area contributed by atoms with Crippen molar-refractivity contribution in [2.75, 3.05) is 0 Å². The molecule has 0 saturated carbocycles. The fraction of sp³-hybridized carbons (Fsp3) is 0.545. The average Bonchev–Trinajstić information content (AvgIpc) is 2.73. The van der Waals surface area contributed by atoms with E-state index >= 15 is 0 Å². The van der Waals surface area contributed by atoms with E-state index in [9.17, 15) is 13.5 Å². The number of sulfone groups is 1. The van der Waals surface area contributed by atoms with Gasteiger partial charge in [-0.2, -0.15) is 0 Å². The van der Waals surface area contributed by atoms with Gasteiger partial charge >= 0.3 is 0 Å². The lowest BCUT2D eigenvalue weighted by molar-refractivity contribution is 0.0335. The molecule has 158 valence electrons. The minimum atomic E-state index is -3.58. The van der Waals surface area contributed by atoms with Gasteiger partial charge < -0.3 is 9.53 Å². The molecule has 0 amide bonds. The molecule has 2 unspecified atom stereocenters. The zero-order valence-corrected chi connectivity index (χ0v) is 19.7. The monoisotopic (exact) mass is 424 g/mol. The number of aliphatic hydroxyl groups is 1. The fourth-order valence-corrected chi connectivity index (χ4v) is 7.43. The molecule has 0 aliphatic carbocycles. The van der Waals surface area contributed by atoms with Crippen LogP contribution in [0.5, 0.6) is 0 Å². The summed E-state index contributed by atoms with van der Waals surface area (Å²) in [6, 6.07) is 11.3. The van der Waals surface area contributed by atoms with Crippen molar-refractivity contribution in [2.24, 2.45) is 11.8 Å². The zero-order valence-electron chi connectivity index (χ0n) is 17.8. The van der Waals surface area contributed by atoms with Gasteiger partial charge in [0.2, 0.25) is 0 Å². The van der Waals surface area contributed by atoms with E-state index in [1.165, 1.54) is 6.08 Å². The second kappa shape index (κ2) is 11.1. The van der Waals surface area contributed by atoms with Crippen LogP contribution < -0.4 is 0 Å². The topological polar surface area (TPSA) is 63.6 Å². The lowest BCUT2D eigenvalue weighted by Crippen LogP contribution is -2.46. The number of aliphatic hydroxyl groups excluding tert-OH is 1. The predicted octanol–water partition coefficient (Wildman–Crippen LogP) is 5.18. The van der Waals surface area contributed by atoms with Crippen LogP contribution in [0.25, 0.3) is 0 Å². The van der Waals surface area contributed by atoms with E-state index in [-0.39, 0.29) is 22.8 Å². The maximum atomic E-state index is 12.4. The highest BCUT2D eigenvalue weighted by atomic mass is 32.2. The molecule has 6 heteroatoms. The molecule has 0 saturated heterocycles. The summed E-state index contributed by atoms with van der Waals surface area (Å²) in [4.78, 5) is 0.215. The first-order chi connectivity index (χ1) is 13.2. The number of benzene rings is 1. The summed E-state index contributed by atoms with van der Waals surface area (Å²) < 4.78 is 31.6. The summed E-state index contributed by atoms with van der Waals surface area (Å²) in [5, 5.41) is 11.8. The Balaban J connectivity index is 3.05. The van der Waals surface area contributed by atoms with E-state index in [0.29, 0.717) is 0 Å². The van der Waals surface area contributed by atoms with Gasteiger partial charge in [0.1, 0.15) is 0 Å². The zero-order chi connectivity index (χ0) is 21.4. The van der Waals surface area contributed by atoms with E-state index in [4.69, 9.17) is 4.43 Å². The van der Waals surface area contributed by atoms with Gasteiger partial charge in [0, 0.05) is 11.3 Å². The maximum absolute atomic E-state index is 12.4. The molecule has 0 aliphatic rings.